The summed E-state index contributed by atoms with van der Waals surface area (Å²) in [6, 6.07) is 9.46. The Bertz CT molecular complexity index is 666. The van der Waals surface area contributed by atoms with Crippen molar-refractivity contribution in [1.29, 1.82) is 0 Å². The maximum atomic E-state index is 13.5. The van der Waals surface area contributed by atoms with Crippen molar-refractivity contribution in [1.82, 2.24) is 0 Å². The van der Waals surface area contributed by atoms with Gasteiger partial charge < -0.3 is 10.4 Å². The molecular weight excluding hydrogens is 299 g/mol. The van der Waals surface area contributed by atoms with Crippen LogP contribution in [0.5, 0.6) is 0 Å². The Kier molecular flexibility index (Phi) is 4.72. The zero-order valence-corrected chi connectivity index (χ0v) is 11.5. The fourth-order valence-corrected chi connectivity index (χ4v) is 2.02. The van der Waals surface area contributed by atoms with E-state index in [4.69, 9.17) is 11.6 Å². The van der Waals surface area contributed by atoms with E-state index in [0.717, 1.165) is 0 Å². The number of halogens is 2. The van der Waals surface area contributed by atoms with E-state index in [0.29, 0.717) is 5.56 Å². The molecule has 0 heterocycles. The van der Waals surface area contributed by atoms with Gasteiger partial charge >= 0.3 is 0 Å². The molecule has 2 N–H and O–H groups in total. The molecular formula is C14H12ClFN2O3. The number of nitro benzene ring substituents is 1. The molecule has 0 saturated heterocycles. The zero-order chi connectivity index (χ0) is 15.4. The molecule has 0 aromatic heterocycles. The monoisotopic (exact) mass is 310 g/mol. The van der Waals surface area contributed by atoms with E-state index in [2.05, 4.69) is 5.32 Å². The Hall–Kier alpha value is -2.18. The van der Waals surface area contributed by atoms with Crippen molar-refractivity contribution < 1.29 is 14.4 Å². The molecule has 0 aliphatic carbocycles. The van der Waals surface area contributed by atoms with Crippen molar-refractivity contribution in [2.45, 2.75) is 6.04 Å². The molecule has 2 rings (SSSR count). The summed E-state index contributed by atoms with van der Waals surface area (Å²) in [5.41, 5.74) is 0.569. The van der Waals surface area contributed by atoms with Gasteiger partial charge in [-0.05, 0) is 23.8 Å². The lowest BCUT2D eigenvalue weighted by Gasteiger charge is -2.18. The van der Waals surface area contributed by atoms with Crippen LogP contribution in [0.2, 0.25) is 5.02 Å². The molecule has 0 saturated carbocycles. The molecule has 5 nitrogen and oxygen atoms in total. The second kappa shape index (κ2) is 6.51. The fraction of sp³-hybridized carbons (Fsp3) is 0.143. The molecule has 2 aromatic rings. The molecule has 110 valence electrons. The summed E-state index contributed by atoms with van der Waals surface area (Å²) < 4.78 is 13.5. The number of anilines is 1. The highest BCUT2D eigenvalue weighted by atomic mass is 35.5. The van der Waals surface area contributed by atoms with Crippen LogP contribution < -0.4 is 5.32 Å². The highest BCUT2D eigenvalue weighted by molar-refractivity contribution is 6.30. The van der Waals surface area contributed by atoms with Gasteiger partial charge in [-0.15, -0.1) is 0 Å². The molecule has 0 aliphatic heterocycles. The summed E-state index contributed by atoms with van der Waals surface area (Å²) >= 11 is 5.61. The minimum atomic E-state index is -0.683. The maximum Gasteiger partial charge on any atom is 0.292 e. The van der Waals surface area contributed by atoms with Crippen LogP contribution in [0.15, 0.2) is 42.5 Å². The number of nitro groups is 1. The van der Waals surface area contributed by atoms with Gasteiger partial charge in [0.25, 0.3) is 5.69 Å². The molecule has 1 atom stereocenters. The van der Waals surface area contributed by atoms with E-state index in [-0.39, 0.29) is 23.0 Å². The van der Waals surface area contributed by atoms with Gasteiger partial charge in [0, 0.05) is 6.07 Å². The van der Waals surface area contributed by atoms with E-state index in [1.165, 1.54) is 24.3 Å². The van der Waals surface area contributed by atoms with Crippen molar-refractivity contribution >= 4 is 23.0 Å². The van der Waals surface area contributed by atoms with Crippen molar-refractivity contribution in [3.05, 3.63) is 69.0 Å². The molecule has 1 unspecified atom stereocenters. The van der Waals surface area contributed by atoms with Gasteiger partial charge in [0.15, 0.2) is 0 Å². The zero-order valence-electron chi connectivity index (χ0n) is 10.8. The number of hydrogen-bond acceptors (Lipinski definition) is 4. The summed E-state index contributed by atoms with van der Waals surface area (Å²) in [4.78, 5) is 10.4. The van der Waals surface area contributed by atoms with Gasteiger partial charge in [0.1, 0.15) is 11.5 Å². The van der Waals surface area contributed by atoms with E-state index in [1.54, 1.807) is 18.2 Å². The largest absolute Gasteiger partial charge is 0.394 e. The van der Waals surface area contributed by atoms with Crippen molar-refractivity contribution in [2.75, 3.05) is 11.9 Å². The van der Waals surface area contributed by atoms with Crippen LogP contribution in [-0.4, -0.2) is 16.6 Å². The molecule has 0 spiro atoms. The number of nitrogens with zero attached hydrogens (tertiary/aromatic N) is 1. The predicted octanol–water partition coefficient (Wildman–Crippen LogP) is 3.53. The molecule has 0 bridgehead atoms. The standard InChI is InChI=1S/C14H12ClFN2O3/c15-10-6-5-9(7-11(10)16)13(8-19)17-12-3-1-2-4-14(12)18(20)21/h1-7,13,17,19H,8H2. The number of hydrogen-bond donors (Lipinski definition) is 2. The second-order valence-corrected chi connectivity index (χ2v) is 4.73. The third-order valence-corrected chi connectivity index (χ3v) is 3.27. The predicted molar refractivity (Wildman–Crippen MR) is 78.0 cm³/mol. The van der Waals surface area contributed by atoms with Gasteiger partial charge in [-0.3, -0.25) is 10.1 Å². The van der Waals surface area contributed by atoms with Gasteiger partial charge in [0.05, 0.1) is 22.6 Å². The average Bonchev–Trinajstić information content (AvgIpc) is 2.48. The van der Waals surface area contributed by atoms with E-state index < -0.39 is 16.8 Å². The van der Waals surface area contributed by atoms with Crippen LogP contribution in [0.25, 0.3) is 0 Å². The molecule has 0 fully saturated rings. The highest BCUT2D eigenvalue weighted by Crippen LogP contribution is 2.28. The molecule has 0 amide bonds. The van der Waals surface area contributed by atoms with E-state index in [1.807, 2.05) is 0 Å². The maximum absolute atomic E-state index is 13.5. The first-order valence-electron chi connectivity index (χ1n) is 6.08. The molecule has 2 aromatic carbocycles. The summed E-state index contributed by atoms with van der Waals surface area (Å²) in [5, 5.41) is 23.2. The third kappa shape index (κ3) is 3.48. The van der Waals surface area contributed by atoms with Crippen LogP contribution in [0.1, 0.15) is 11.6 Å². The van der Waals surface area contributed by atoms with Crippen LogP contribution in [0, 0.1) is 15.9 Å². The summed E-state index contributed by atoms with van der Waals surface area (Å²) in [5.74, 6) is -0.614. The molecule has 21 heavy (non-hydrogen) atoms. The molecule has 0 radical (unpaired) electrons. The molecule has 7 heteroatoms. The van der Waals surface area contributed by atoms with E-state index >= 15 is 0 Å². The minimum Gasteiger partial charge on any atom is -0.394 e. The number of aliphatic hydroxyl groups excluding tert-OH is 1. The lowest BCUT2D eigenvalue weighted by molar-refractivity contribution is -0.384. The van der Waals surface area contributed by atoms with Crippen LogP contribution in [0.4, 0.5) is 15.8 Å². The first kappa shape index (κ1) is 15.2. The lowest BCUT2D eigenvalue weighted by Crippen LogP contribution is -2.16. The summed E-state index contributed by atoms with van der Waals surface area (Å²) in [7, 11) is 0. The number of rotatable bonds is 5. The Labute approximate surface area is 125 Å². The Morgan fingerprint density at radius 3 is 2.67 bits per heavy atom. The summed E-state index contributed by atoms with van der Waals surface area (Å²) in [6.07, 6.45) is 0. The van der Waals surface area contributed by atoms with Crippen molar-refractivity contribution in [3.63, 3.8) is 0 Å². The number of nitrogens with one attached hydrogen (secondary N) is 1. The molecule has 0 aliphatic rings. The highest BCUT2D eigenvalue weighted by Gasteiger charge is 2.18. The number of benzene rings is 2. The van der Waals surface area contributed by atoms with Crippen molar-refractivity contribution in [3.8, 4) is 0 Å². The minimum absolute atomic E-state index is 0.0267. The second-order valence-electron chi connectivity index (χ2n) is 4.33. The lowest BCUT2D eigenvalue weighted by atomic mass is 10.1. The fourth-order valence-electron chi connectivity index (χ4n) is 1.91. The van der Waals surface area contributed by atoms with Crippen LogP contribution in [0.3, 0.4) is 0 Å². The van der Waals surface area contributed by atoms with Crippen LogP contribution in [-0.2, 0) is 0 Å². The van der Waals surface area contributed by atoms with Crippen LogP contribution >= 0.6 is 11.6 Å². The Morgan fingerprint density at radius 1 is 1.33 bits per heavy atom. The SMILES string of the molecule is O=[N+]([O-])c1ccccc1NC(CO)c1ccc(Cl)c(F)c1. The van der Waals surface area contributed by atoms with E-state index in [9.17, 15) is 19.6 Å². The summed E-state index contributed by atoms with van der Waals surface area (Å²) in [6.45, 7) is -0.354. The van der Waals surface area contributed by atoms with Crippen molar-refractivity contribution in [2.24, 2.45) is 0 Å². The van der Waals surface area contributed by atoms with Gasteiger partial charge in [-0.25, -0.2) is 4.39 Å². The average molecular weight is 311 g/mol. The quantitative estimate of drug-likeness (QED) is 0.654. The van der Waals surface area contributed by atoms with Gasteiger partial charge in [0.2, 0.25) is 0 Å². The third-order valence-electron chi connectivity index (χ3n) is 2.96. The normalized spacial score (nSPS) is 12.0. The smallest absolute Gasteiger partial charge is 0.292 e. The number of para-hydroxylation sites is 2. The number of aliphatic hydroxyl groups is 1. The first-order valence-corrected chi connectivity index (χ1v) is 6.46. The topological polar surface area (TPSA) is 75.4 Å². The Balaban J connectivity index is 2.31. The van der Waals surface area contributed by atoms with Gasteiger partial charge in [-0.2, -0.15) is 0 Å². The Morgan fingerprint density at radius 2 is 2.05 bits per heavy atom. The first-order chi connectivity index (χ1) is 10.0. The van der Waals surface area contributed by atoms with Gasteiger partial charge in [-0.1, -0.05) is 29.8 Å².